The average molecular weight is 98.1 g/mol. The molecule has 1 rings (SSSR count). The molecule has 0 fully saturated rings. The SMILES string of the molecule is CC=COC1=CO1. The largest absolute Gasteiger partial charge is 0.432 e. The number of hydrogen-bond donors (Lipinski definition) is 0. The van der Waals surface area contributed by atoms with Crippen molar-refractivity contribution in [3.05, 3.63) is 24.5 Å². The zero-order valence-corrected chi connectivity index (χ0v) is 4.05. The normalized spacial score (nSPS) is 15.9. The predicted octanol–water partition coefficient (Wildman–Crippen LogP) is 1.37. The fourth-order valence-electron chi connectivity index (χ4n) is 0.215. The Labute approximate surface area is 42.0 Å². The molecule has 7 heavy (non-hydrogen) atoms. The standard InChI is InChI=1S/C5H6O2/c1-2-3-6-5-4-7-5/h2-4H,1H3. The molecule has 2 heteroatoms. The highest BCUT2D eigenvalue weighted by Gasteiger charge is 2.07. The first kappa shape index (κ1) is 4.24. The Bertz CT molecular complexity index is 113. The van der Waals surface area contributed by atoms with E-state index < -0.39 is 0 Å². The summed E-state index contributed by atoms with van der Waals surface area (Å²) in [4.78, 5) is 0. The summed E-state index contributed by atoms with van der Waals surface area (Å²) in [6.45, 7) is 1.88. The van der Waals surface area contributed by atoms with Crippen LogP contribution >= 0.6 is 0 Å². The summed E-state index contributed by atoms with van der Waals surface area (Å²) in [6, 6.07) is 0. The van der Waals surface area contributed by atoms with Crippen LogP contribution in [0.2, 0.25) is 0 Å². The third-order valence-electron chi connectivity index (χ3n) is 0.534. The maximum Gasteiger partial charge on any atom is 0.326 e. The molecule has 0 aliphatic carbocycles. The quantitative estimate of drug-likeness (QED) is 0.486. The fourth-order valence-corrected chi connectivity index (χ4v) is 0.215. The Balaban J connectivity index is 2.10. The van der Waals surface area contributed by atoms with Crippen molar-refractivity contribution in [2.24, 2.45) is 0 Å². The van der Waals surface area contributed by atoms with Crippen molar-refractivity contribution < 1.29 is 9.47 Å². The lowest BCUT2D eigenvalue weighted by atomic mass is 10.7. The molecule has 0 aromatic heterocycles. The minimum absolute atomic E-state index is 0.595. The van der Waals surface area contributed by atoms with Crippen molar-refractivity contribution in [3.8, 4) is 0 Å². The van der Waals surface area contributed by atoms with Crippen molar-refractivity contribution in [2.45, 2.75) is 6.92 Å². The molecule has 2 nitrogen and oxygen atoms in total. The maximum atomic E-state index is 4.76. The summed E-state index contributed by atoms with van der Waals surface area (Å²) in [5, 5.41) is 0. The highest BCUT2D eigenvalue weighted by molar-refractivity contribution is 4.94. The number of rotatable bonds is 2. The first-order valence-electron chi connectivity index (χ1n) is 2.08. The van der Waals surface area contributed by atoms with Gasteiger partial charge in [0.15, 0.2) is 6.26 Å². The molecule has 0 spiro atoms. The molecule has 1 aliphatic rings. The van der Waals surface area contributed by atoms with Gasteiger partial charge < -0.3 is 9.47 Å². The number of ether oxygens (including phenoxy) is 2. The Morgan fingerprint density at radius 1 is 1.86 bits per heavy atom. The molecular weight excluding hydrogens is 92.1 g/mol. The second-order valence-corrected chi connectivity index (χ2v) is 1.14. The lowest BCUT2D eigenvalue weighted by Gasteiger charge is -1.81. The van der Waals surface area contributed by atoms with E-state index in [9.17, 15) is 0 Å². The molecule has 0 saturated carbocycles. The minimum Gasteiger partial charge on any atom is -0.432 e. The number of hydrogen-bond acceptors (Lipinski definition) is 2. The van der Waals surface area contributed by atoms with Crippen molar-refractivity contribution in [2.75, 3.05) is 0 Å². The van der Waals surface area contributed by atoms with Gasteiger partial charge in [0.2, 0.25) is 0 Å². The van der Waals surface area contributed by atoms with Crippen LogP contribution in [0.3, 0.4) is 0 Å². The molecule has 0 N–H and O–H groups in total. The maximum absolute atomic E-state index is 4.76. The fraction of sp³-hybridized carbons (Fsp3) is 0.200. The van der Waals surface area contributed by atoms with Gasteiger partial charge in [-0.15, -0.1) is 0 Å². The molecule has 1 aliphatic heterocycles. The molecule has 0 aromatic carbocycles. The van der Waals surface area contributed by atoms with Gasteiger partial charge in [-0.3, -0.25) is 0 Å². The molecule has 0 atom stereocenters. The van der Waals surface area contributed by atoms with E-state index in [0.717, 1.165) is 0 Å². The lowest BCUT2D eigenvalue weighted by Crippen LogP contribution is -1.64. The molecular formula is C5H6O2. The van der Waals surface area contributed by atoms with Crippen LogP contribution in [-0.2, 0) is 9.47 Å². The van der Waals surface area contributed by atoms with Gasteiger partial charge in [0, 0.05) is 0 Å². The average Bonchev–Trinajstić information content (AvgIpc) is 2.42. The van der Waals surface area contributed by atoms with Gasteiger partial charge in [0.05, 0.1) is 6.26 Å². The summed E-state index contributed by atoms with van der Waals surface area (Å²) < 4.78 is 9.29. The van der Waals surface area contributed by atoms with Gasteiger partial charge in [-0.05, 0) is 6.92 Å². The Morgan fingerprint density at radius 3 is 3.00 bits per heavy atom. The second-order valence-electron chi connectivity index (χ2n) is 1.14. The Kier molecular flexibility index (Phi) is 1.02. The van der Waals surface area contributed by atoms with Crippen LogP contribution in [0.4, 0.5) is 0 Å². The predicted molar refractivity (Wildman–Crippen MR) is 25.1 cm³/mol. The highest BCUT2D eigenvalue weighted by Crippen LogP contribution is 2.13. The smallest absolute Gasteiger partial charge is 0.326 e. The highest BCUT2D eigenvalue weighted by atomic mass is 16.7. The van der Waals surface area contributed by atoms with Gasteiger partial charge in [0.1, 0.15) is 0 Å². The minimum atomic E-state index is 0.595. The third-order valence-corrected chi connectivity index (χ3v) is 0.534. The van der Waals surface area contributed by atoms with E-state index in [-0.39, 0.29) is 0 Å². The van der Waals surface area contributed by atoms with Crippen molar-refractivity contribution in [1.82, 2.24) is 0 Å². The van der Waals surface area contributed by atoms with Crippen LogP contribution in [0.1, 0.15) is 6.92 Å². The van der Waals surface area contributed by atoms with Gasteiger partial charge >= 0.3 is 5.95 Å². The molecule has 0 bridgehead atoms. The van der Waals surface area contributed by atoms with E-state index in [0.29, 0.717) is 5.95 Å². The van der Waals surface area contributed by atoms with E-state index in [1.54, 1.807) is 18.6 Å². The monoisotopic (exact) mass is 98.0 g/mol. The van der Waals surface area contributed by atoms with Crippen LogP contribution in [-0.4, -0.2) is 0 Å². The van der Waals surface area contributed by atoms with Crippen LogP contribution in [0.25, 0.3) is 0 Å². The molecule has 1 heterocycles. The summed E-state index contributed by atoms with van der Waals surface area (Å²) in [7, 11) is 0. The zero-order chi connectivity index (χ0) is 5.11. The van der Waals surface area contributed by atoms with E-state index in [1.807, 2.05) is 6.92 Å². The Hall–Kier alpha value is -0.920. The van der Waals surface area contributed by atoms with Crippen LogP contribution in [0.15, 0.2) is 24.5 Å². The molecule has 0 aromatic rings. The molecule has 0 amide bonds. The van der Waals surface area contributed by atoms with E-state index in [4.69, 9.17) is 4.74 Å². The zero-order valence-electron chi connectivity index (χ0n) is 4.05. The molecule has 0 radical (unpaired) electrons. The first-order valence-corrected chi connectivity index (χ1v) is 2.08. The Morgan fingerprint density at radius 2 is 2.57 bits per heavy atom. The van der Waals surface area contributed by atoms with Crippen molar-refractivity contribution in [1.29, 1.82) is 0 Å². The topological polar surface area (TPSA) is 21.8 Å². The summed E-state index contributed by atoms with van der Waals surface area (Å²) in [5.74, 6) is 0.595. The van der Waals surface area contributed by atoms with Crippen molar-refractivity contribution in [3.63, 3.8) is 0 Å². The first-order chi connectivity index (χ1) is 3.43. The van der Waals surface area contributed by atoms with Crippen LogP contribution in [0, 0.1) is 0 Å². The van der Waals surface area contributed by atoms with Gasteiger partial charge in [-0.1, -0.05) is 6.08 Å². The van der Waals surface area contributed by atoms with Crippen molar-refractivity contribution >= 4 is 0 Å². The molecule has 0 unspecified atom stereocenters. The van der Waals surface area contributed by atoms with Crippen LogP contribution in [0.5, 0.6) is 0 Å². The summed E-state index contributed by atoms with van der Waals surface area (Å²) >= 11 is 0. The second kappa shape index (κ2) is 1.69. The van der Waals surface area contributed by atoms with Gasteiger partial charge in [-0.25, -0.2) is 0 Å². The lowest BCUT2D eigenvalue weighted by molar-refractivity contribution is 0.250. The number of allylic oxidation sites excluding steroid dienone is 1. The van der Waals surface area contributed by atoms with Crippen LogP contribution < -0.4 is 0 Å². The summed E-state index contributed by atoms with van der Waals surface area (Å²) in [6.07, 6.45) is 4.90. The third kappa shape index (κ3) is 1.30. The van der Waals surface area contributed by atoms with E-state index >= 15 is 0 Å². The summed E-state index contributed by atoms with van der Waals surface area (Å²) in [5.41, 5.74) is 0. The molecule has 0 saturated heterocycles. The molecule has 38 valence electrons. The van der Waals surface area contributed by atoms with E-state index in [1.165, 1.54) is 0 Å². The van der Waals surface area contributed by atoms with Gasteiger partial charge in [0.25, 0.3) is 0 Å². The van der Waals surface area contributed by atoms with E-state index in [2.05, 4.69) is 4.74 Å². The van der Waals surface area contributed by atoms with Gasteiger partial charge in [-0.2, -0.15) is 0 Å².